The fraction of sp³-hybridized carbons (Fsp3) is 0.286. The second-order valence-electron chi connectivity index (χ2n) is 7.19. The number of hydrogen-bond donors (Lipinski definition) is 1. The van der Waals surface area contributed by atoms with Crippen molar-refractivity contribution in [2.45, 2.75) is 17.7 Å². The molecule has 0 spiro atoms. The molecule has 1 aliphatic rings. The van der Waals surface area contributed by atoms with E-state index in [1.165, 1.54) is 10.5 Å². The van der Waals surface area contributed by atoms with Crippen LogP contribution in [-0.2, 0) is 10.0 Å². The highest BCUT2D eigenvalue weighted by atomic mass is 32.2. The summed E-state index contributed by atoms with van der Waals surface area (Å²) in [5.74, 6) is 0.441. The van der Waals surface area contributed by atoms with E-state index in [1.807, 2.05) is 30.3 Å². The smallest absolute Gasteiger partial charge is 0.273 e. The van der Waals surface area contributed by atoms with Crippen molar-refractivity contribution in [2.75, 3.05) is 19.6 Å². The first-order valence-corrected chi connectivity index (χ1v) is 11.2. The van der Waals surface area contributed by atoms with Crippen LogP contribution in [0.25, 0.3) is 11.3 Å². The van der Waals surface area contributed by atoms with Gasteiger partial charge in [0, 0.05) is 43.7 Å². The van der Waals surface area contributed by atoms with E-state index in [2.05, 4.69) is 15.5 Å². The Hall–Kier alpha value is -3.04. The lowest BCUT2D eigenvalue weighted by Crippen LogP contribution is -2.41. The fourth-order valence-corrected chi connectivity index (χ4v) is 4.89. The van der Waals surface area contributed by atoms with E-state index >= 15 is 0 Å². The minimum atomic E-state index is -3.52. The molecule has 1 aliphatic heterocycles. The van der Waals surface area contributed by atoms with Crippen molar-refractivity contribution in [1.82, 2.24) is 19.8 Å². The predicted molar refractivity (Wildman–Crippen MR) is 110 cm³/mol. The van der Waals surface area contributed by atoms with Crippen LogP contribution in [0.15, 0.2) is 70.3 Å². The molecule has 1 amide bonds. The van der Waals surface area contributed by atoms with Gasteiger partial charge in [0.1, 0.15) is 4.90 Å². The predicted octanol–water partition coefficient (Wildman–Crippen LogP) is 2.57. The van der Waals surface area contributed by atoms with E-state index in [0.29, 0.717) is 38.2 Å². The third-order valence-electron chi connectivity index (χ3n) is 5.20. The van der Waals surface area contributed by atoms with E-state index in [9.17, 15) is 13.2 Å². The molecule has 1 saturated heterocycles. The summed E-state index contributed by atoms with van der Waals surface area (Å²) < 4.78 is 32.1. The third-order valence-corrected chi connectivity index (χ3v) is 7.08. The normalized spacial score (nSPS) is 15.7. The van der Waals surface area contributed by atoms with E-state index in [0.717, 1.165) is 5.56 Å². The maximum absolute atomic E-state index is 12.7. The third kappa shape index (κ3) is 4.42. The summed E-state index contributed by atoms with van der Waals surface area (Å²) in [6, 6.07) is 14.2. The summed E-state index contributed by atoms with van der Waals surface area (Å²) >= 11 is 0. The van der Waals surface area contributed by atoms with Crippen LogP contribution in [0.4, 0.5) is 0 Å². The molecule has 30 heavy (non-hydrogen) atoms. The average Bonchev–Trinajstić information content (AvgIpc) is 3.29. The van der Waals surface area contributed by atoms with Crippen molar-refractivity contribution in [3.05, 3.63) is 66.6 Å². The first-order chi connectivity index (χ1) is 14.5. The number of rotatable bonds is 6. The summed E-state index contributed by atoms with van der Waals surface area (Å²) in [5, 5.41) is 6.73. The summed E-state index contributed by atoms with van der Waals surface area (Å²) in [4.78, 5) is 16.5. The lowest BCUT2D eigenvalue weighted by molar-refractivity contribution is 0.0932. The first kappa shape index (κ1) is 20.2. The molecule has 9 heteroatoms. The first-order valence-electron chi connectivity index (χ1n) is 9.74. The van der Waals surface area contributed by atoms with Gasteiger partial charge in [-0.05, 0) is 30.9 Å². The maximum Gasteiger partial charge on any atom is 0.273 e. The zero-order chi connectivity index (χ0) is 21.0. The van der Waals surface area contributed by atoms with Crippen molar-refractivity contribution in [3.63, 3.8) is 0 Å². The monoisotopic (exact) mass is 426 g/mol. The van der Waals surface area contributed by atoms with Gasteiger partial charge in [0.05, 0.1) is 0 Å². The van der Waals surface area contributed by atoms with Gasteiger partial charge in [-0.1, -0.05) is 35.5 Å². The molecule has 0 unspecified atom stereocenters. The number of hydrogen-bond acceptors (Lipinski definition) is 6. The molecule has 0 radical (unpaired) electrons. The molecular formula is C21H22N4O4S. The SMILES string of the molecule is O=C(NCC1CCN(S(=O)(=O)c2cccnc2)CC1)c1cc(-c2ccccc2)on1. The van der Waals surface area contributed by atoms with Crippen molar-refractivity contribution in [2.24, 2.45) is 5.92 Å². The maximum atomic E-state index is 12.7. The van der Waals surface area contributed by atoms with Gasteiger partial charge < -0.3 is 9.84 Å². The van der Waals surface area contributed by atoms with Gasteiger partial charge in [-0.2, -0.15) is 4.31 Å². The van der Waals surface area contributed by atoms with Crippen LogP contribution >= 0.6 is 0 Å². The van der Waals surface area contributed by atoms with Gasteiger partial charge in [-0.25, -0.2) is 8.42 Å². The molecule has 2 aromatic heterocycles. The number of nitrogens with one attached hydrogen (secondary N) is 1. The van der Waals surface area contributed by atoms with E-state index in [4.69, 9.17) is 4.52 Å². The number of sulfonamides is 1. The highest BCUT2D eigenvalue weighted by Gasteiger charge is 2.29. The molecule has 1 N–H and O–H groups in total. The summed E-state index contributed by atoms with van der Waals surface area (Å²) in [6.45, 7) is 1.30. The van der Waals surface area contributed by atoms with Crippen molar-refractivity contribution in [3.8, 4) is 11.3 Å². The van der Waals surface area contributed by atoms with E-state index in [1.54, 1.807) is 24.4 Å². The molecule has 0 saturated carbocycles. The number of nitrogens with zero attached hydrogens (tertiary/aromatic N) is 3. The van der Waals surface area contributed by atoms with Crippen LogP contribution < -0.4 is 5.32 Å². The minimum Gasteiger partial charge on any atom is -0.355 e. The summed E-state index contributed by atoms with van der Waals surface area (Å²) in [7, 11) is -3.52. The van der Waals surface area contributed by atoms with Crippen LogP contribution in [0.1, 0.15) is 23.3 Å². The fourth-order valence-electron chi connectivity index (χ4n) is 3.45. The van der Waals surface area contributed by atoms with Crippen LogP contribution in [0, 0.1) is 5.92 Å². The molecule has 0 bridgehead atoms. The lowest BCUT2D eigenvalue weighted by Gasteiger charge is -2.31. The Bertz CT molecular complexity index is 1090. The van der Waals surface area contributed by atoms with Gasteiger partial charge in [0.2, 0.25) is 10.0 Å². The quantitative estimate of drug-likeness (QED) is 0.649. The molecule has 8 nitrogen and oxygen atoms in total. The van der Waals surface area contributed by atoms with E-state index in [-0.39, 0.29) is 22.4 Å². The molecule has 0 aliphatic carbocycles. The molecular weight excluding hydrogens is 404 g/mol. The number of amides is 1. The topological polar surface area (TPSA) is 105 Å². The Labute approximate surface area is 175 Å². The van der Waals surface area contributed by atoms with Crippen LogP contribution in [-0.4, -0.2) is 48.4 Å². The Morgan fingerprint density at radius 3 is 2.60 bits per heavy atom. The zero-order valence-electron chi connectivity index (χ0n) is 16.3. The lowest BCUT2D eigenvalue weighted by atomic mass is 9.98. The number of carbonyl (C=O) groups excluding carboxylic acids is 1. The van der Waals surface area contributed by atoms with Crippen LogP contribution in [0.2, 0.25) is 0 Å². The molecule has 0 atom stereocenters. The molecule has 4 rings (SSSR count). The number of benzene rings is 1. The Kier molecular flexibility index (Phi) is 5.91. The van der Waals surface area contributed by atoms with Gasteiger partial charge in [0.25, 0.3) is 5.91 Å². The molecule has 3 aromatic rings. The Balaban J connectivity index is 1.29. The molecule has 1 aromatic carbocycles. The number of carbonyl (C=O) groups is 1. The highest BCUT2D eigenvalue weighted by molar-refractivity contribution is 7.89. The van der Waals surface area contributed by atoms with Gasteiger partial charge >= 0.3 is 0 Å². The second kappa shape index (κ2) is 8.76. The Morgan fingerprint density at radius 2 is 1.90 bits per heavy atom. The molecule has 1 fully saturated rings. The number of pyridine rings is 1. The largest absolute Gasteiger partial charge is 0.355 e. The highest BCUT2D eigenvalue weighted by Crippen LogP contribution is 2.23. The standard InChI is InChI=1S/C21H22N4O4S/c26-21(19-13-20(29-24-19)17-5-2-1-3-6-17)23-14-16-8-11-25(12-9-16)30(27,28)18-7-4-10-22-15-18/h1-7,10,13,15-16H,8-9,11-12,14H2,(H,23,26). The minimum absolute atomic E-state index is 0.204. The molecule has 156 valence electrons. The van der Waals surface area contributed by atoms with Crippen molar-refractivity contribution in [1.29, 1.82) is 0 Å². The van der Waals surface area contributed by atoms with Crippen LogP contribution in [0.5, 0.6) is 0 Å². The number of piperidine rings is 1. The van der Waals surface area contributed by atoms with E-state index < -0.39 is 10.0 Å². The second-order valence-corrected chi connectivity index (χ2v) is 9.13. The average molecular weight is 426 g/mol. The van der Waals surface area contributed by atoms with Crippen LogP contribution in [0.3, 0.4) is 0 Å². The van der Waals surface area contributed by atoms with Gasteiger partial charge in [0.15, 0.2) is 11.5 Å². The van der Waals surface area contributed by atoms with Gasteiger partial charge in [-0.15, -0.1) is 0 Å². The van der Waals surface area contributed by atoms with Gasteiger partial charge in [-0.3, -0.25) is 9.78 Å². The summed E-state index contributed by atoms with van der Waals surface area (Å²) in [5.41, 5.74) is 1.08. The van der Waals surface area contributed by atoms with Crippen molar-refractivity contribution >= 4 is 15.9 Å². The molecule has 3 heterocycles. The summed E-state index contributed by atoms with van der Waals surface area (Å²) in [6.07, 6.45) is 4.26. The van der Waals surface area contributed by atoms with Crippen molar-refractivity contribution < 1.29 is 17.7 Å². The Morgan fingerprint density at radius 1 is 1.13 bits per heavy atom. The zero-order valence-corrected chi connectivity index (χ0v) is 17.1. The number of aromatic nitrogens is 2.